The Bertz CT molecular complexity index is 366. The Morgan fingerprint density at radius 1 is 1.50 bits per heavy atom. The van der Waals surface area contributed by atoms with E-state index in [1.54, 1.807) is 12.2 Å². The normalized spacial score (nSPS) is 31.7. The van der Waals surface area contributed by atoms with Crippen molar-refractivity contribution in [2.45, 2.75) is 50.9 Å². The van der Waals surface area contributed by atoms with E-state index in [0.717, 1.165) is 19.3 Å². The molecule has 4 unspecified atom stereocenters. The van der Waals surface area contributed by atoms with Gasteiger partial charge in [-0.15, -0.1) is 0 Å². The Morgan fingerprint density at radius 2 is 2.28 bits per heavy atom. The molecule has 4 atom stereocenters. The lowest BCUT2D eigenvalue weighted by molar-refractivity contribution is -0.142. The van der Waals surface area contributed by atoms with Crippen LogP contribution < -0.4 is 5.32 Å². The second kappa shape index (κ2) is 5.52. The molecule has 2 bridgehead atoms. The van der Waals surface area contributed by atoms with Crippen LogP contribution >= 0.6 is 0 Å². The van der Waals surface area contributed by atoms with E-state index in [0.29, 0.717) is 6.42 Å². The van der Waals surface area contributed by atoms with Crippen LogP contribution in [0.3, 0.4) is 0 Å². The first-order chi connectivity index (χ1) is 8.61. The number of aliphatic carboxylic acids is 1. The van der Waals surface area contributed by atoms with Crippen LogP contribution in [0.4, 0.5) is 0 Å². The lowest BCUT2D eigenvalue weighted by atomic mass is 9.88. The average Bonchev–Trinajstić information content (AvgIpc) is 2.95. The number of fused-ring (bicyclic) bond motifs is 2. The summed E-state index contributed by atoms with van der Waals surface area (Å²) in [7, 11) is 0. The Morgan fingerprint density at radius 3 is 2.78 bits per heavy atom. The maximum absolute atomic E-state index is 12.0. The SMILES string of the molecule is C/C=C/CC(NC(=O)C1CC2CCC1O2)C(=O)O. The summed E-state index contributed by atoms with van der Waals surface area (Å²) in [6.45, 7) is 1.82. The molecular formula is C13H19NO4. The Labute approximate surface area is 106 Å². The smallest absolute Gasteiger partial charge is 0.326 e. The number of carbonyl (C=O) groups is 2. The summed E-state index contributed by atoms with van der Waals surface area (Å²) in [4.78, 5) is 23.1. The summed E-state index contributed by atoms with van der Waals surface area (Å²) >= 11 is 0. The molecule has 2 rings (SSSR count). The van der Waals surface area contributed by atoms with Gasteiger partial charge in [-0.25, -0.2) is 4.79 Å². The van der Waals surface area contributed by atoms with Gasteiger partial charge in [-0.1, -0.05) is 12.2 Å². The number of rotatable bonds is 5. The molecule has 2 N–H and O–H groups in total. The Kier molecular flexibility index (Phi) is 4.01. The molecule has 100 valence electrons. The first-order valence-corrected chi connectivity index (χ1v) is 6.41. The van der Waals surface area contributed by atoms with Crippen LogP contribution in [0.15, 0.2) is 12.2 Å². The Hall–Kier alpha value is -1.36. The van der Waals surface area contributed by atoms with Gasteiger partial charge in [0.1, 0.15) is 6.04 Å². The summed E-state index contributed by atoms with van der Waals surface area (Å²) < 4.78 is 5.61. The molecule has 2 saturated heterocycles. The zero-order valence-electron chi connectivity index (χ0n) is 10.5. The van der Waals surface area contributed by atoms with Crippen LogP contribution in [0.1, 0.15) is 32.6 Å². The molecule has 5 heteroatoms. The Balaban J connectivity index is 1.90. The topological polar surface area (TPSA) is 75.6 Å². The van der Waals surface area contributed by atoms with Gasteiger partial charge in [0, 0.05) is 0 Å². The monoisotopic (exact) mass is 253 g/mol. The summed E-state index contributed by atoms with van der Waals surface area (Å²) in [6.07, 6.45) is 6.70. The molecule has 5 nitrogen and oxygen atoms in total. The predicted octanol–water partition coefficient (Wildman–Crippen LogP) is 1.09. The molecule has 0 radical (unpaired) electrons. The van der Waals surface area contributed by atoms with E-state index >= 15 is 0 Å². The van der Waals surface area contributed by atoms with Gasteiger partial charge in [0.05, 0.1) is 18.1 Å². The van der Waals surface area contributed by atoms with Crippen molar-refractivity contribution in [1.29, 1.82) is 0 Å². The number of carbonyl (C=O) groups excluding carboxylic acids is 1. The maximum Gasteiger partial charge on any atom is 0.326 e. The van der Waals surface area contributed by atoms with Crippen molar-refractivity contribution in [3.63, 3.8) is 0 Å². The minimum absolute atomic E-state index is 0.00818. The van der Waals surface area contributed by atoms with E-state index in [1.807, 2.05) is 6.92 Å². The van der Waals surface area contributed by atoms with E-state index in [-0.39, 0.29) is 24.0 Å². The van der Waals surface area contributed by atoms with Crippen molar-refractivity contribution >= 4 is 11.9 Å². The molecule has 2 fully saturated rings. The summed E-state index contributed by atoms with van der Waals surface area (Å²) in [5.74, 6) is -1.35. The van der Waals surface area contributed by atoms with Gasteiger partial charge in [0.25, 0.3) is 0 Å². The van der Waals surface area contributed by atoms with Crippen LogP contribution in [0.2, 0.25) is 0 Å². The fourth-order valence-corrected chi connectivity index (χ4v) is 2.69. The molecule has 0 saturated carbocycles. The molecular weight excluding hydrogens is 234 g/mol. The molecule has 2 heterocycles. The van der Waals surface area contributed by atoms with Gasteiger partial charge in [-0.3, -0.25) is 4.79 Å². The van der Waals surface area contributed by atoms with E-state index in [4.69, 9.17) is 9.84 Å². The number of hydrogen-bond donors (Lipinski definition) is 2. The fraction of sp³-hybridized carbons (Fsp3) is 0.692. The lowest BCUT2D eigenvalue weighted by Crippen LogP contribution is -2.45. The lowest BCUT2D eigenvalue weighted by Gasteiger charge is -2.20. The summed E-state index contributed by atoms with van der Waals surface area (Å²) in [5.41, 5.74) is 0. The van der Waals surface area contributed by atoms with Gasteiger partial charge in [-0.05, 0) is 32.6 Å². The van der Waals surface area contributed by atoms with Crippen LogP contribution in [-0.2, 0) is 14.3 Å². The van der Waals surface area contributed by atoms with E-state index < -0.39 is 12.0 Å². The fourth-order valence-electron chi connectivity index (χ4n) is 2.69. The number of ether oxygens (including phenoxy) is 1. The highest BCUT2D eigenvalue weighted by atomic mass is 16.5. The minimum atomic E-state index is -0.995. The first kappa shape index (κ1) is 13.1. The second-order valence-corrected chi connectivity index (χ2v) is 4.92. The van der Waals surface area contributed by atoms with Crippen molar-refractivity contribution in [3.8, 4) is 0 Å². The van der Waals surface area contributed by atoms with Gasteiger partial charge in [-0.2, -0.15) is 0 Å². The van der Waals surface area contributed by atoms with Crippen molar-refractivity contribution < 1.29 is 19.4 Å². The molecule has 18 heavy (non-hydrogen) atoms. The van der Waals surface area contributed by atoms with Gasteiger partial charge >= 0.3 is 5.97 Å². The second-order valence-electron chi connectivity index (χ2n) is 4.92. The quantitative estimate of drug-likeness (QED) is 0.719. The number of allylic oxidation sites excluding steroid dienone is 1. The highest BCUT2D eigenvalue weighted by Gasteiger charge is 2.44. The first-order valence-electron chi connectivity index (χ1n) is 6.41. The summed E-state index contributed by atoms with van der Waals surface area (Å²) in [5, 5.41) is 11.7. The number of carboxylic acids is 1. The number of nitrogens with one attached hydrogen (secondary N) is 1. The number of hydrogen-bond acceptors (Lipinski definition) is 3. The average molecular weight is 253 g/mol. The molecule has 0 aromatic heterocycles. The van der Waals surface area contributed by atoms with Crippen molar-refractivity contribution in [2.24, 2.45) is 5.92 Å². The maximum atomic E-state index is 12.0. The van der Waals surface area contributed by atoms with Crippen molar-refractivity contribution in [2.75, 3.05) is 0 Å². The third-order valence-electron chi connectivity index (χ3n) is 3.66. The largest absolute Gasteiger partial charge is 0.480 e. The highest BCUT2D eigenvalue weighted by Crippen LogP contribution is 2.38. The molecule has 0 aliphatic carbocycles. The zero-order chi connectivity index (χ0) is 13.1. The highest BCUT2D eigenvalue weighted by molar-refractivity contribution is 5.85. The third kappa shape index (κ3) is 2.72. The van der Waals surface area contributed by atoms with Crippen LogP contribution in [0.25, 0.3) is 0 Å². The molecule has 1 amide bonds. The van der Waals surface area contributed by atoms with Gasteiger partial charge in [0.15, 0.2) is 0 Å². The van der Waals surface area contributed by atoms with Gasteiger partial charge in [0.2, 0.25) is 5.91 Å². The van der Waals surface area contributed by atoms with Crippen LogP contribution in [0.5, 0.6) is 0 Å². The predicted molar refractivity (Wildman–Crippen MR) is 65.0 cm³/mol. The van der Waals surface area contributed by atoms with Crippen LogP contribution in [0, 0.1) is 5.92 Å². The van der Waals surface area contributed by atoms with E-state index in [1.165, 1.54) is 0 Å². The van der Waals surface area contributed by atoms with E-state index in [2.05, 4.69) is 5.32 Å². The van der Waals surface area contributed by atoms with Gasteiger partial charge < -0.3 is 15.2 Å². The minimum Gasteiger partial charge on any atom is -0.480 e. The standard InChI is InChI=1S/C13H19NO4/c1-2-3-4-10(13(16)17)14-12(15)9-7-8-5-6-11(9)18-8/h2-3,8-11H,4-7H2,1H3,(H,14,15)(H,16,17)/b3-2+. The molecule has 2 aliphatic heterocycles. The van der Waals surface area contributed by atoms with Crippen molar-refractivity contribution in [1.82, 2.24) is 5.32 Å². The molecule has 0 spiro atoms. The number of amides is 1. The molecule has 2 aliphatic rings. The molecule has 0 aromatic carbocycles. The molecule has 0 aromatic rings. The van der Waals surface area contributed by atoms with Crippen LogP contribution in [-0.4, -0.2) is 35.2 Å². The number of carboxylic acid groups (broad SMARTS) is 1. The third-order valence-corrected chi connectivity index (χ3v) is 3.66. The van der Waals surface area contributed by atoms with Crippen molar-refractivity contribution in [3.05, 3.63) is 12.2 Å². The zero-order valence-corrected chi connectivity index (χ0v) is 10.5. The van der Waals surface area contributed by atoms with E-state index in [9.17, 15) is 9.59 Å². The summed E-state index contributed by atoms with van der Waals surface area (Å²) in [6, 6.07) is -0.840.